The van der Waals surface area contributed by atoms with Crippen molar-refractivity contribution in [3.8, 4) is 11.5 Å². The molecular weight excluding hydrogens is 274 g/mol. The summed E-state index contributed by atoms with van der Waals surface area (Å²) in [7, 11) is 1.43. The Balaban J connectivity index is 2.21. The van der Waals surface area contributed by atoms with Crippen molar-refractivity contribution in [2.45, 2.75) is 25.9 Å². The van der Waals surface area contributed by atoms with E-state index in [4.69, 9.17) is 9.47 Å². The van der Waals surface area contributed by atoms with Gasteiger partial charge in [0.1, 0.15) is 5.56 Å². The predicted molar refractivity (Wildman–Crippen MR) is 75.9 cm³/mol. The summed E-state index contributed by atoms with van der Waals surface area (Å²) in [6, 6.07) is 4.60. The van der Waals surface area contributed by atoms with Gasteiger partial charge in [-0.25, -0.2) is 4.79 Å². The Labute approximate surface area is 123 Å². The third-order valence-electron chi connectivity index (χ3n) is 3.49. The van der Waals surface area contributed by atoms with E-state index in [1.54, 1.807) is 24.0 Å². The molecule has 0 radical (unpaired) electrons. The average molecular weight is 293 g/mol. The Morgan fingerprint density at radius 1 is 1.29 bits per heavy atom. The smallest absolute Gasteiger partial charge is 0.339 e. The molecule has 114 valence electrons. The van der Waals surface area contributed by atoms with Gasteiger partial charge in [0, 0.05) is 13.1 Å². The molecule has 6 heteroatoms. The molecule has 0 aliphatic carbocycles. The molecule has 1 saturated heterocycles. The van der Waals surface area contributed by atoms with Crippen LogP contribution in [0.1, 0.15) is 30.1 Å². The minimum Gasteiger partial charge on any atom is -0.493 e. The molecule has 1 aromatic carbocycles. The lowest BCUT2D eigenvalue weighted by atomic mass is 10.2. The molecule has 1 amide bonds. The molecule has 2 rings (SSSR count). The zero-order valence-electron chi connectivity index (χ0n) is 12.2. The van der Waals surface area contributed by atoms with E-state index >= 15 is 0 Å². The maximum atomic E-state index is 12.2. The van der Waals surface area contributed by atoms with Gasteiger partial charge < -0.3 is 19.5 Å². The van der Waals surface area contributed by atoms with Gasteiger partial charge in [0.15, 0.2) is 17.6 Å². The molecule has 21 heavy (non-hydrogen) atoms. The fourth-order valence-corrected chi connectivity index (χ4v) is 2.39. The van der Waals surface area contributed by atoms with Crippen molar-refractivity contribution in [3.63, 3.8) is 0 Å². The van der Waals surface area contributed by atoms with Gasteiger partial charge in [-0.3, -0.25) is 4.79 Å². The van der Waals surface area contributed by atoms with Crippen molar-refractivity contribution in [1.82, 2.24) is 4.90 Å². The van der Waals surface area contributed by atoms with Gasteiger partial charge in [-0.05, 0) is 31.9 Å². The summed E-state index contributed by atoms with van der Waals surface area (Å²) in [5.74, 6) is -0.858. The van der Waals surface area contributed by atoms with Gasteiger partial charge in [-0.15, -0.1) is 0 Å². The second kappa shape index (κ2) is 6.47. The SMILES string of the molecule is COc1cccc(C(=O)O)c1OC(C)C(=O)N1CCCC1. The lowest BCUT2D eigenvalue weighted by Gasteiger charge is -2.22. The monoisotopic (exact) mass is 293 g/mol. The molecule has 1 aliphatic rings. The first kappa shape index (κ1) is 15.2. The lowest BCUT2D eigenvalue weighted by Crippen LogP contribution is -2.38. The number of carbonyl (C=O) groups is 2. The van der Waals surface area contributed by atoms with Gasteiger partial charge in [-0.1, -0.05) is 6.07 Å². The zero-order chi connectivity index (χ0) is 15.4. The standard InChI is InChI=1S/C15H19NO5/c1-10(14(17)16-8-3-4-9-16)21-13-11(15(18)19)6-5-7-12(13)20-2/h5-7,10H,3-4,8-9H2,1-2H3,(H,18,19). The number of benzene rings is 1. The second-order valence-corrected chi connectivity index (χ2v) is 4.93. The summed E-state index contributed by atoms with van der Waals surface area (Å²) in [5.41, 5.74) is -0.0181. The minimum atomic E-state index is -1.12. The van der Waals surface area contributed by atoms with Crippen LogP contribution < -0.4 is 9.47 Å². The molecule has 1 fully saturated rings. The van der Waals surface area contributed by atoms with Crippen LogP contribution in [0, 0.1) is 0 Å². The fourth-order valence-electron chi connectivity index (χ4n) is 2.39. The average Bonchev–Trinajstić information content (AvgIpc) is 3.00. The van der Waals surface area contributed by atoms with Crippen LogP contribution in [0.15, 0.2) is 18.2 Å². The summed E-state index contributed by atoms with van der Waals surface area (Å²) >= 11 is 0. The quantitative estimate of drug-likeness (QED) is 0.895. The number of ether oxygens (including phenoxy) is 2. The Kier molecular flexibility index (Phi) is 4.67. The highest BCUT2D eigenvalue weighted by atomic mass is 16.5. The molecule has 6 nitrogen and oxygen atoms in total. The number of carboxylic acid groups (broad SMARTS) is 1. The molecular formula is C15H19NO5. The maximum absolute atomic E-state index is 12.2. The molecule has 1 N–H and O–H groups in total. The van der Waals surface area contributed by atoms with Gasteiger partial charge in [0.05, 0.1) is 7.11 Å². The highest BCUT2D eigenvalue weighted by Crippen LogP contribution is 2.32. The van der Waals surface area contributed by atoms with Crippen LogP contribution in [0.25, 0.3) is 0 Å². The van der Waals surface area contributed by atoms with Gasteiger partial charge in [0.25, 0.3) is 5.91 Å². The Hall–Kier alpha value is -2.24. The molecule has 0 bridgehead atoms. The van der Waals surface area contributed by atoms with E-state index in [2.05, 4.69) is 0 Å². The number of para-hydroxylation sites is 1. The number of methoxy groups -OCH3 is 1. The van der Waals surface area contributed by atoms with Crippen LogP contribution in [0.2, 0.25) is 0 Å². The van der Waals surface area contributed by atoms with E-state index in [9.17, 15) is 14.7 Å². The van der Waals surface area contributed by atoms with Crippen LogP contribution in [0.3, 0.4) is 0 Å². The molecule has 0 spiro atoms. The first-order valence-corrected chi connectivity index (χ1v) is 6.90. The number of hydrogen-bond acceptors (Lipinski definition) is 4. The number of amides is 1. The van der Waals surface area contributed by atoms with Crippen molar-refractivity contribution in [3.05, 3.63) is 23.8 Å². The van der Waals surface area contributed by atoms with E-state index in [1.807, 2.05) is 0 Å². The first-order chi connectivity index (χ1) is 10.0. The molecule has 1 atom stereocenters. The lowest BCUT2D eigenvalue weighted by molar-refractivity contribution is -0.136. The Morgan fingerprint density at radius 2 is 1.95 bits per heavy atom. The molecule has 1 unspecified atom stereocenters. The molecule has 1 aliphatic heterocycles. The van der Waals surface area contributed by atoms with Crippen LogP contribution >= 0.6 is 0 Å². The topological polar surface area (TPSA) is 76.1 Å². The minimum absolute atomic E-state index is 0.0181. The number of likely N-dealkylation sites (tertiary alicyclic amines) is 1. The van der Waals surface area contributed by atoms with E-state index in [0.717, 1.165) is 25.9 Å². The summed E-state index contributed by atoms with van der Waals surface area (Å²) in [6.45, 7) is 3.08. The van der Waals surface area contributed by atoms with Crippen LogP contribution in [-0.4, -0.2) is 48.2 Å². The molecule has 1 aromatic rings. The zero-order valence-corrected chi connectivity index (χ0v) is 12.2. The number of rotatable bonds is 5. The van der Waals surface area contributed by atoms with E-state index in [-0.39, 0.29) is 17.2 Å². The van der Waals surface area contributed by atoms with Crippen LogP contribution in [0.4, 0.5) is 0 Å². The maximum Gasteiger partial charge on any atom is 0.339 e. The largest absolute Gasteiger partial charge is 0.493 e. The first-order valence-electron chi connectivity index (χ1n) is 6.90. The van der Waals surface area contributed by atoms with Crippen LogP contribution in [0.5, 0.6) is 11.5 Å². The van der Waals surface area contributed by atoms with Crippen molar-refractivity contribution in [2.75, 3.05) is 20.2 Å². The summed E-state index contributed by atoms with van der Waals surface area (Å²) in [5, 5.41) is 9.22. The summed E-state index contributed by atoms with van der Waals surface area (Å²) < 4.78 is 10.7. The van der Waals surface area contributed by atoms with E-state index in [1.165, 1.54) is 13.2 Å². The summed E-state index contributed by atoms with van der Waals surface area (Å²) in [4.78, 5) is 25.2. The Bertz CT molecular complexity index is 537. The van der Waals surface area contributed by atoms with Gasteiger partial charge >= 0.3 is 5.97 Å². The molecule has 0 saturated carbocycles. The summed E-state index contributed by atoms with van der Waals surface area (Å²) in [6.07, 6.45) is 1.23. The normalized spacial score (nSPS) is 15.6. The van der Waals surface area contributed by atoms with Crippen molar-refractivity contribution in [2.24, 2.45) is 0 Å². The molecule has 0 aromatic heterocycles. The van der Waals surface area contributed by atoms with Crippen molar-refractivity contribution >= 4 is 11.9 Å². The number of carboxylic acids is 1. The van der Waals surface area contributed by atoms with Crippen molar-refractivity contribution < 1.29 is 24.2 Å². The Morgan fingerprint density at radius 3 is 2.52 bits per heavy atom. The molecule has 1 heterocycles. The fraction of sp³-hybridized carbons (Fsp3) is 0.467. The predicted octanol–water partition coefficient (Wildman–Crippen LogP) is 1.78. The van der Waals surface area contributed by atoms with Gasteiger partial charge in [-0.2, -0.15) is 0 Å². The van der Waals surface area contributed by atoms with Crippen molar-refractivity contribution in [1.29, 1.82) is 0 Å². The number of hydrogen-bond donors (Lipinski definition) is 1. The van der Waals surface area contributed by atoms with E-state index in [0.29, 0.717) is 5.75 Å². The number of aromatic carboxylic acids is 1. The second-order valence-electron chi connectivity index (χ2n) is 4.93. The van der Waals surface area contributed by atoms with E-state index < -0.39 is 12.1 Å². The third-order valence-corrected chi connectivity index (χ3v) is 3.49. The van der Waals surface area contributed by atoms with Crippen LogP contribution in [-0.2, 0) is 4.79 Å². The highest BCUT2D eigenvalue weighted by molar-refractivity contribution is 5.92. The number of nitrogens with zero attached hydrogens (tertiary/aromatic N) is 1. The van der Waals surface area contributed by atoms with Gasteiger partial charge in [0.2, 0.25) is 0 Å². The number of carbonyl (C=O) groups excluding carboxylic acids is 1. The third kappa shape index (κ3) is 3.26. The highest BCUT2D eigenvalue weighted by Gasteiger charge is 2.27.